The zero-order chi connectivity index (χ0) is 25.5. The van der Waals surface area contributed by atoms with Gasteiger partial charge in [0.2, 0.25) is 10.0 Å². The number of nitrogens with zero attached hydrogens (tertiary/aromatic N) is 2. The zero-order valence-corrected chi connectivity index (χ0v) is 18.6. The summed E-state index contributed by atoms with van der Waals surface area (Å²) in [5.74, 6) is -2.61. The molecule has 0 bridgehead atoms. The number of hydrogen-bond acceptors (Lipinski definition) is 7. The topological polar surface area (TPSA) is 133 Å². The van der Waals surface area contributed by atoms with Crippen molar-refractivity contribution in [3.8, 4) is 0 Å². The molecule has 0 aliphatic heterocycles. The van der Waals surface area contributed by atoms with Crippen molar-refractivity contribution in [1.29, 1.82) is 0 Å². The van der Waals surface area contributed by atoms with Crippen molar-refractivity contribution in [3.63, 3.8) is 0 Å². The molecule has 0 amide bonds. The number of aromatic nitrogens is 2. The summed E-state index contributed by atoms with van der Waals surface area (Å²) in [6, 6.07) is 12.0. The van der Waals surface area contributed by atoms with Crippen LogP contribution in [-0.2, 0) is 14.8 Å². The van der Waals surface area contributed by atoms with Gasteiger partial charge in [0.1, 0.15) is 23.8 Å². The van der Waals surface area contributed by atoms with Crippen LogP contribution in [0.3, 0.4) is 0 Å². The number of carboxylic acids is 1. The molecule has 0 aliphatic rings. The number of sulfonamides is 1. The summed E-state index contributed by atoms with van der Waals surface area (Å²) in [5.41, 5.74) is 0.736. The van der Waals surface area contributed by atoms with Crippen LogP contribution in [0, 0.1) is 5.82 Å². The minimum absolute atomic E-state index is 0.0255. The van der Waals surface area contributed by atoms with Gasteiger partial charge in [0.25, 0.3) is 0 Å². The van der Waals surface area contributed by atoms with E-state index in [1.807, 2.05) is 0 Å². The number of carboxylic acid groups (broad SMARTS) is 1. The van der Waals surface area contributed by atoms with E-state index < -0.39 is 28.0 Å². The van der Waals surface area contributed by atoms with Crippen LogP contribution in [0.5, 0.6) is 0 Å². The Morgan fingerprint density at radius 3 is 2.09 bits per heavy atom. The summed E-state index contributed by atoms with van der Waals surface area (Å²) in [4.78, 5) is 17.0. The highest BCUT2D eigenvalue weighted by Gasteiger charge is 2.38. The zero-order valence-electron chi connectivity index (χ0n) is 17.1. The number of aliphatic carboxylic acids is 1. The molecule has 3 rings (SSSR count). The van der Waals surface area contributed by atoms with E-state index in [1.54, 1.807) is 30.3 Å². The Morgan fingerprint density at radius 2 is 1.56 bits per heavy atom. The van der Waals surface area contributed by atoms with Crippen molar-refractivity contribution < 1.29 is 35.9 Å². The highest BCUT2D eigenvalue weighted by Crippen LogP contribution is 2.24. The second-order valence-electron chi connectivity index (χ2n) is 6.20. The first kappa shape index (κ1) is 26.8. The number of benzene rings is 2. The van der Waals surface area contributed by atoms with Crippen LogP contribution >= 0.6 is 11.6 Å². The summed E-state index contributed by atoms with van der Waals surface area (Å²) in [5, 5.41) is 13.6. The smallest absolute Gasteiger partial charge is 0.475 e. The van der Waals surface area contributed by atoms with Crippen LogP contribution in [0.15, 0.2) is 59.8 Å². The maximum absolute atomic E-state index is 14.1. The van der Waals surface area contributed by atoms with Gasteiger partial charge in [0.05, 0.1) is 10.6 Å². The van der Waals surface area contributed by atoms with Crippen LogP contribution < -0.4 is 15.4 Å². The Morgan fingerprint density at radius 1 is 1.00 bits per heavy atom. The third kappa shape index (κ3) is 7.83. The molecule has 0 saturated heterocycles. The molecule has 0 aliphatic carbocycles. The standard InChI is InChI=1S/C17H15ClFN5O2S.C2HF3O2/c1-20-27(25,26)13-6-7-14(19)15(8-13)24-17-9-16(21-10-22-17)23-12-4-2-11(18)3-5-12;3-2(4,5)1(6)7/h2-10,20H,1H3,(H2,21,22,23,24);(H,6,7). The summed E-state index contributed by atoms with van der Waals surface area (Å²) in [6.45, 7) is 0. The first-order valence-electron chi connectivity index (χ1n) is 8.96. The van der Waals surface area contributed by atoms with Crippen molar-refractivity contribution in [2.24, 2.45) is 0 Å². The Balaban J connectivity index is 0.000000509. The van der Waals surface area contributed by atoms with Crippen molar-refractivity contribution in [2.75, 3.05) is 17.7 Å². The molecule has 4 N–H and O–H groups in total. The number of nitrogens with one attached hydrogen (secondary N) is 3. The van der Waals surface area contributed by atoms with Crippen molar-refractivity contribution >= 4 is 50.6 Å². The highest BCUT2D eigenvalue weighted by molar-refractivity contribution is 7.89. The lowest BCUT2D eigenvalue weighted by Gasteiger charge is -2.11. The van der Waals surface area contributed by atoms with Gasteiger partial charge < -0.3 is 15.7 Å². The molecule has 0 radical (unpaired) electrons. The van der Waals surface area contributed by atoms with Gasteiger partial charge >= 0.3 is 12.1 Å². The minimum Gasteiger partial charge on any atom is -0.475 e. The van der Waals surface area contributed by atoms with Gasteiger partial charge in [0, 0.05) is 16.8 Å². The monoisotopic (exact) mass is 521 g/mol. The molecule has 0 atom stereocenters. The molecule has 0 unspecified atom stereocenters. The molecule has 0 saturated carbocycles. The number of halogens is 5. The fourth-order valence-corrected chi connectivity index (χ4v) is 3.08. The predicted molar refractivity (Wildman–Crippen MR) is 116 cm³/mol. The van der Waals surface area contributed by atoms with Gasteiger partial charge in [-0.2, -0.15) is 13.2 Å². The lowest BCUT2D eigenvalue weighted by molar-refractivity contribution is -0.192. The van der Waals surface area contributed by atoms with Gasteiger partial charge in [-0.25, -0.2) is 32.3 Å². The van der Waals surface area contributed by atoms with Crippen LogP contribution in [0.1, 0.15) is 0 Å². The molecule has 2 aromatic carbocycles. The molecule has 15 heteroatoms. The first-order chi connectivity index (χ1) is 15.8. The molecule has 0 fully saturated rings. The summed E-state index contributed by atoms with van der Waals surface area (Å²) in [7, 11) is -2.41. The van der Waals surface area contributed by atoms with Gasteiger partial charge in [-0.05, 0) is 49.5 Å². The summed E-state index contributed by atoms with van der Waals surface area (Å²) >= 11 is 5.85. The molecule has 1 aromatic heterocycles. The second kappa shape index (κ2) is 11.1. The van der Waals surface area contributed by atoms with E-state index in [0.717, 1.165) is 11.8 Å². The Kier molecular flexibility index (Phi) is 8.73. The van der Waals surface area contributed by atoms with Crippen LogP contribution in [-0.4, -0.2) is 42.7 Å². The summed E-state index contributed by atoms with van der Waals surface area (Å²) in [6.07, 6.45) is -3.79. The first-order valence-corrected chi connectivity index (χ1v) is 10.8. The molecule has 1 heterocycles. The maximum atomic E-state index is 14.1. The number of anilines is 4. The highest BCUT2D eigenvalue weighted by atomic mass is 35.5. The number of alkyl halides is 3. The normalized spacial score (nSPS) is 11.2. The van der Waals surface area contributed by atoms with Crippen molar-refractivity contribution in [3.05, 3.63) is 65.7 Å². The minimum atomic E-state index is -5.08. The number of carbonyl (C=O) groups is 1. The molecule has 182 valence electrons. The molecule has 9 nitrogen and oxygen atoms in total. The predicted octanol–water partition coefficient (Wildman–Crippen LogP) is 4.30. The van der Waals surface area contributed by atoms with Crippen LogP contribution in [0.25, 0.3) is 0 Å². The lowest BCUT2D eigenvalue weighted by atomic mass is 10.3. The number of rotatable bonds is 6. The fourth-order valence-electron chi connectivity index (χ4n) is 2.20. The van der Waals surface area contributed by atoms with E-state index in [9.17, 15) is 26.0 Å². The van der Waals surface area contributed by atoms with E-state index >= 15 is 0 Å². The molecular weight excluding hydrogens is 506 g/mol. The largest absolute Gasteiger partial charge is 0.490 e. The Labute approximate surface area is 195 Å². The van der Waals surface area contributed by atoms with Crippen LogP contribution in [0.4, 0.5) is 40.6 Å². The quantitative estimate of drug-likeness (QED) is 0.353. The summed E-state index contributed by atoms with van der Waals surface area (Å²) < 4.78 is 71.8. The van der Waals surface area contributed by atoms with Gasteiger partial charge in [-0.1, -0.05) is 11.6 Å². The molecule has 34 heavy (non-hydrogen) atoms. The van der Waals surface area contributed by atoms with Gasteiger partial charge in [0.15, 0.2) is 0 Å². The van der Waals surface area contributed by atoms with Gasteiger partial charge in [-0.3, -0.25) is 0 Å². The second-order valence-corrected chi connectivity index (χ2v) is 8.52. The third-order valence-electron chi connectivity index (χ3n) is 3.81. The average molecular weight is 522 g/mol. The SMILES string of the molecule is CNS(=O)(=O)c1ccc(F)c(Nc2cc(Nc3ccc(Cl)cc3)ncn2)c1.O=C(O)C(F)(F)F. The maximum Gasteiger partial charge on any atom is 0.490 e. The van der Waals surface area contributed by atoms with E-state index in [2.05, 4.69) is 25.3 Å². The van der Waals surface area contributed by atoms with Gasteiger partial charge in [-0.15, -0.1) is 0 Å². The van der Waals surface area contributed by atoms with E-state index in [-0.39, 0.29) is 10.6 Å². The Hall–Kier alpha value is -3.49. The van der Waals surface area contributed by atoms with E-state index in [1.165, 1.54) is 25.5 Å². The lowest BCUT2D eigenvalue weighted by Crippen LogP contribution is -2.21. The van der Waals surface area contributed by atoms with Crippen LogP contribution in [0.2, 0.25) is 5.02 Å². The van der Waals surface area contributed by atoms with E-state index in [4.69, 9.17) is 21.5 Å². The van der Waals surface area contributed by atoms with E-state index in [0.29, 0.717) is 16.7 Å². The fraction of sp³-hybridized carbons (Fsp3) is 0.105. The Bertz CT molecular complexity index is 1260. The average Bonchev–Trinajstić information content (AvgIpc) is 2.77. The number of hydrogen-bond donors (Lipinski definition) is 4. The van der Waals surface area contributed by atoms with Crippen molar-refractivity contribution in [1.82, 2.24) is 14.7 Å². The third-order valence-corrected chi connectivity index (χ3v) is 5.47. The molecule has 3 aromatic rings. The molecule has 0 spiro atoms. The van der Waals surface area contributed by atoms with Crippen molar-refractivity contribution in [2.45, 2.75) is 11.1 Å². The molecular formula is C19H16ClF4N5O4S.